The number of hydrogen-bond acceptors (Lipinski definition) is 3. The van der Waals surface area contributed by atoms with Crippen molar-refractivity contribution in [1.29, 1.82) is 0 Å². The van der Waals surface area contributed by atoms with Crippen molar-refractivity contribution in [3.8, 4) is 0 Å². The van der Waals surface area contributed by atoms with Crippen LogP contribution in [0.25, 0.3) is 5.57 Å². The molecule has 3 nitrogen and oxygen atoms in total. The normalized spacial score (nSPS) is 14.0. The van der Waals surface area contributed by atoms with Crippen LogP contribution >= 0.6 is 0 Å². The minimum atomic E-state index is 0.0646. The Morgan fingerprint density at radius 2 is 1.27 bits per heavy atom. The highest BCUT2D eigenvalue weighted by Gasteiger charge is 2.22. The zero-order valence-corrected chi connectivity index (χ0v) is 29.6. The molecule has 3 heteroatoms. The Balaban J connectivity index is 0.000000251. The molecule has 0 amide bonds. The maximum atomic E-state index is 3.63. The molecule has 3 N–H and O–H groups in total. The van der Waals surface area contributed by atoms with Crippen LogP contribution in [0.15, 0.2) is 78.9 Å². The van der Waals surface area contributed by atoms with Gasteiger partial charge in [0.1, 0.15) is 0 Å². The van der Waals surface area contributed by atoms with Crippen LogP contribution in [0.4, 0.5) is 22.7 Å². The minimum Gasteiger partial charge on any atom is -0.383 e. The number of allylic oxidation sites excluding steroid dienone is 1. The summed E-state index contributed by atoms with van der Waals surface area (Å²) < 4.78 is 0. The van der Waals surface area contributed by atoms with Gasteiger partial charge in [0.25, 0.3) is 0 Å². The molecule has 45 heavy (non-hydrogen) atoms. The summed E-state index contributed by atoms with van der Waals surface area (Å²) in [5.74, 6) is 0.719. The molecule has 0 radical (unpaired) electrons. The third kappa shape index (κ3) is 14.2. The first-order chi connectivity index (χ1) is 21.6. The maximum Gasteiger partial charge on any atom is 0.0505 e. The van der Waals surface area contributed by atoms with E-state index in [4.69, 9.17) is 0 Å². The lowest BCUT2D eigenvalue weighted by Crippen LogP contribution is -2.31. The van der Waals surface area contributed by atoms with Crippen LogP contribution in [-0.4, -0.2) is 11.6 Å². The lowest BCUT2D eigenvalue weighted by Gasteiger charge is -2.31. The first-order valence-electron chi connectivity index (χ1n) is 17.9. The highest BCUT2D eigenvalue weighted by atomic mass is 15.0. The Hall–Kier alpha value is -3.20. The molecule has 3 aromatic carbocycles. The second-order valence-corrected chi connectivity index (χ2v) is 14.2. The van der Waals surface area contributed by atoms with E-state index in [2.05, 4.69) is 125 Å². The molecule has 0 aromatic heterocycles. The van der Waals surface area contributed by atoms with Crippen LogP contribution in [-0.2, 0) is 6.42 Å². The van der Waals surface area contributed by atoms with E-state index in [0.29, 0.717) is 6.04 Å². The molecule has 1 aliphatic heterocycles. The number of hydrogen-bond donors (Lipinski definition) is 3. The Morgan fingerprint density at radius 1 is 0.689 bits per heavy atom. The molecule has 1 heterocycles. The van der Waals surface area contributed by atoms with Gasteiger partial charge in [-0.1, -0.05) is 109 Å². The molecule has 3 aromatic rings. The summed E-state index contributed by atoms with van der Waals surface area (Å²) in [6.45, 7) is 15.7. The number of nitrogens with one attached hydrogen (secondary N) is 3. The van der Waals surface area contributed by atoms with E-state index in [1.165, 1.54) is 105 Å². The quantitative estimate of drug-likeness (QED) is 0.133. The third-order valence-corrected chi connectivity index (χ3v) is 8.55. The Labute approximate surface area is 276 Å². The number of benzene rings is 3. The summed E-state index contributed by atoms with van der Waals surface area (Å²) in [6.07, 6.45) is 18.8. The van der Waals surface area contributed by atoms with Gasteiger partial charge in [-0.2, -0.15) is 0 Å². The number of para-hydroxylation sites is 1. The van der Waals surface area contributed by atoms with Gasteiger partial charge in [0, 0.05) is 34.4 Å². The zero-order valence-electron chi connectivity index (χ0n) is 29.6. The van der Waals surface area contributed by atoms with Crippen molar-refractivity contribution in [2.24, 2.45) is 5.92 Å². The fourth-order valence-corrected chi connectivity index (χ4v) is 6.39. The van der Waals surface area contributed by atoms with Crippen molar-refractivity contribution in [1.82, 2.24) is 0 Å². The van der Waals surface area contributed by atoms with Crippen molar-refractivity contribution in [2.75, 3.05) is 16.0 Å². The predicted molar refractivity (Wildman–Crippen MR) is 202 cm³/mol. The predicted octanol–water partition coefficient (Wildman–Crippen LogP) is 13.0. The molecule has 1 atom stereocenters. The van der Waals surface area contributed by atoms with Gasteiger partial charge in [0.05, 0.1) is 5.54 Å². The van der Waals surface area contributed by atoms with E-state index in [1.54, 1.807) is 0 Å². The monoisotopic (exact) mass is 610 g/mol. The Bertz CT molecular complexity index is 1260. The largest absolute Gasteiger partial charge is 0.383 e. The molecule has 1 aliphatic rings. The van der Waals surface area contributed by atoms with E-state index in [0.717, 1.165) is 17.3 Å². The van der Waals surface area contributed by atoms with Gasteiger partial charge < -0.3 is 16.0 Å². The maximum absolute atomic E-state index is 3.63. The van der Waals surface area contributed by atoms with Gasteiger partial charge in [-0.05, 0) is 113 Å². The van der Waals surface area contributed by atoms with E-state index in [-0.39, 0.29) is 5.54 Å². The van der Waals surface area contributed by atoms with Crippen molar-refractivity contribution >= 4 is 28.3 Å². The molecule has 0 fully saturated rings. The Kier molecular flexibility index (Phi) is 15.6. The molecule has 0 saturated carbocycles. The summed E-state index contributed by atoms with van der Waals surface area (Å²) in [5.41, 5.74) is 9.04. The molecule has 0 aliphatic carbocycles. The van der Waals surface area contributed by atoms with E-state index in [9.17, 15) is 0 Å². The Morgan fingerprint density at radius 3 is 1.89 bits per heavy atom. The highest BCUT2D eigenvalue weighted by Crippen LogP contribution is 2.34. The van der Waals surface area contributed by atoms with Gasteiger partial charge in [0.15, 0.2) is 0 Å². The fraction of sp³-hybridized carbons (Fsp3) is 0.524. The lowest BCUT2D eigenvalue weighted by atomic mass is 9.90. The summed E-state index contributed by atoms with van der Waals surface area (Å²) in [5, 5.41) is 10.6. The van der Waals surface area contributed by atoms with Crippen LogP contribution in [0, 0.1) is 5.92 Å². The summed E-state index contributed by atoms with van der Waals surface area (Å²) in [4.78, 5) is 0. The van der Waals surface area contributed by atoms with Crippen molar-refractivity contribution < 1.29 is 0 Å². The van der Waals surface area contributed by atoms with Crippen molar-refractivity contribution in [3.63, 3.8) is 0 Å². The number of anilines is 4. The van der Waals surface area contributed by atoms with Crippen molar-refractivity contribution in [3.05, 3.63) is 90.0 Å². The lowest BCUT2D eigenvalue weighted by molar-refractivity contribution is 0.540. The van der Waals surface area contributed by atoms with Crippen LogP contribution in [0.1, 0.15) is 130 Å². The summed E-state index contributed by atoms with van der Waals surface area (Å²) >= 11 is 0. The minimum absolute atomic E-state index is 0.0646. The number of aryl methyl sites for hydroxylation is 1. The number of fused-ring (bicyclic) bond motifs is 1. The smallest absolute Gasteiger partial charge is 0.0505 e. The van der Waals surface area contributed by atoms with E-state index < -0.39 is 0 Å². The second kappa shape index (κ2) is 19.3. The number of unbranched alkanes of at least 4 members (excludes halogenated alkanes) is 9. The molecule has 0 spiro atoms. The molecular weight excluding hydrogens is 546 g/mol. The first-order valence-corrected chi connectivity index (χ1v) is 17.9. The second-order valence-electron chi connectivity index (χ2n) is 14.2. The molecular formula is C42H63N3. The van der Waals surface area contributed by atoms with Gasteiger partial charge in [-0.25, -0.2) is 0 Å². The average Bonchev–Trinajstić information content (AvgIpc) is 2.99. The van der Waals surface area contributed by atoms with E-state index in [1.807, 2.05) is 18.2 Å². The summed E-state index contributed by atoms with van der Waals surface area (Å²) in [6, 6.07) is 26.2. The molecule has 4 rings (SSSR count). The third-order valence-electron chi connectivity index (χ3n) is 8.55. The van der Waals surface area contributed by atoms with Crippen molar-refractivity contribution in [2.45, 2.75) is 137 Å². The molecule has 0 saturated heterocycles. The molecule has 1 unspecified atom stereocenters. The topological polar surface area (TPSA) is 36.1 Å². The molecule has 0 bridgehead atoms. The van der Waals surface area contributed by atoms with Crippen LogP contribution in [0.2, 0.25) is 0 Å². The average molecular weight is 610 g/mol. The van der Waals surface area contributed by atoms with Gasteiger partial charge >= 0.3 is 0 Å². The summed E-state index contributed by atoms with van der Waals surface area (Å²) in [7, 11) is 0. The van der Waals surface area contributed by atoms with Gasteiger partial charge in [-0.15, -0.1) is 0 Å². The first kappa shape index (κ1) is 36.3. The SMILES string of the molecule is CC(C)CC(C)Nc1ccc(Nc2ccccc2)cc1.CCCCCCCCCCCCc1ccc2c(c1)C(C)=CC(C)(C)N2. The van der Waals surface area contributed by atoms with Crippen LogP contribution in [0.3, 0.4) is 0 Å². The van der Waals surface area contributed by atoms with E-state index >= 15 is 0 Å². The highest BCUT2D eigenvalue weighted by molar-refractivity contribution is 5.80. The zero-order chi connectivity index (χ0) is 32.5. The fourth-order valence-electron chi connectivity index (χ4n) is 6.39. The van der Waals surface area contributed by atoms with Gasteiger partial charge in [-0.3, -0.25) is 0 Å². The number of rotatable bonds is 17. The van der Waals surface area contributed by atoms with Crippen LogP contribution in [0.5, 0.6) is 0 Å². The standard InChI is InChI=1S/C24H39N.C18H24N2/c1-5-6-7-8-9-10-11-12-13-14-15-21-16-17-23-22(18-21)20(2)19-24(3,4)25-23;1-14(2)13-15(3)19-17-9-11-18(12-10-17)20-16-7-5-4-6-8-16/h16-19,25H,5-15H2,1-4H3;4-12,14-15,19-20H,13H2,1-3H3. The van der Waals surface area contributed by atoms with Gasteiger partial charge in [0.2, 0.25) is 0 Å². The van der Waals surface area contributed by atoms with Crippen LogP contribution < -0.4 is 16.0 Å². The molecule has 246 valence electrons.